The fourth-order valence-corrected chi connectivity index (χ4v) is 1.90. The molecule has 0 aromatic carbocycles. The van der Waals surface area contributed by atoms with Crippen LogP contribution in [-0.2, 0) is 11.2 Å². The average Bonchev–Trinajstić information content (AvgIpc) is 2.63. The Bertz CT molecular complexity index is 373. The lowest BCUT2D eigenvalue weighted by atomic mass is 10.1. The van der Waals surface area contributed by atoms with Gasteiger partial charge in [-0.2, -0.15) is 5.10 Å². The van der Waals surface area contributed by atoms with Crippen LogP contribution in [0.4, 0.5) is 5.69 Å². The molecule has 0 unspecified atom stereocenters. The van der Waals surface area contributed by atoms with Crippen LogP contribution in [0.5, 0.6) is 0 Å². The van der Waals surface area contributed by atoms with Gasteiger partial charge in [0.15, 0.2) is 5.69 Å². The Morgan fingerprint density at radius 2 is 2.47 bits per heavy atom. The van der Waals surface area contributed by atoms with E-state index in [4.69, 9.17) is 4.74 Å². The topological polar surface area (TPSA) is 58.2 Å². The molecule has 0 saturated carbocycles. The molecule has 1 aromatic heterocycles. The van der Waals surface area contributed by atoms with Gasteiger partial charge in [0, 0.05) is 13.6 Å². The number of esters is 1. The number of rotatable bonds is 2. The maximum Gasteiger partial charge on any atom is 0.361 e. The second-order valence-corrected chi connectivity index (χ2v) is 3.64. The third kappa shape index (κ3) is 1.69. The normalized spacial score (nSPS) is 14.9. The monoisotopic (exact) mass is 209 g/mol. The van der Waals surface area contributed by atoms with Crippen molar-refractivity contribution in [3.8, 4) is 0 Å². The first kappa shape index (κ1) is 10.0. The van der Waals surface area contributed by atoms with Crippen LogP contribution in [0.3, 0.4) is 0 Å². The molecule has 1 aromatic rings. The van der Waals surface area contributed by atoms with E-state index in [1.807, 2.05) is 7.05 Å². The number of hydrogen-bond acceptors (Lipinski definition) is 4. The molecule has 82 valence electrons. The number of aryl methyl sites for hydroxylation is 1. The predicted molar refractivity (Wildman–Crippen MR) is 56.1 cm³/mol. The van der Waals surface area contributed by atoms with Crippen LogP contribution < -0.4 is 4.90 Å². The van der Waals surface area contributed by atoms with Gasteiger partial charge in [0.2, 0.25) is 0 Å². The van der Waals surface area contributed by atoms with E-state index in [0.717, 1.165) is 30.8 Å². The number of aromatic nitrogens is 2. The second-order valence-electron chi connectivity index (χ2n) is 3.64. The smallest absolute Gasteiger partial charge is 0.361 e. The highest BCUT2D eigenvalue weighted by atomic mass is 16.5. The second kappa shape index (κ2) is 3.92. The third-order valence-electron chi connectivity index (χ3n) is 2.58. The summed E-state index contributed by atoms with van der Waals surface area (Å²) in [5, 5.41) is 6.93. The highest BCUT2D eigenvalue weighted by Crippen LogP contribution is 2.27. The zero-order chi connectivity index (χ0) is 10.8. The Kier molecular flexibility index (Phi) is 2.62. The van der Waals surface area contributed by atoms with Gasteiger partial charge in [-0.15, -0.1) is 0 Å². The van der Waals surface area contributed by atoms with E-state index in [1.165, 1.54) is 0 Å². The van der Waals surface area contributed by atoms with Crippen LogP contribution >= 0.6 is 0 Å². The van der Waals surface area contributed by atoms with Crippen molar-refractivity contribution in [2.75, 3.05) is 25.1 Å². The number of H-pyrrole nitrogens is 1. The van der Waals surface area contributed by atoms with Crippen molar-refractivity contribution in [1.82, 2.24) is 10.2 Å². The van der Waals surface area contributed by atoms with Crippen LogP contribution in [-0.4, -0.2) is 36.4 Å². The number of carbonyl (C=O) groups excluding carboxylic acids is 1. The van der Waals surface area contributed by atoms with Gasteiger partial charge in [-0.3, -0.25) is 5.10 Å². The van der Waals surface area contributed by atoms with Gasteiger partial charge in [0.1, 0.15) is 0 Å². The maximum absolute atomic E-state index is 11.6. The molecule has 15 heavy (non-hydrogen) atoms. The fourth-order valence-electron chi connectivity index (χ4n) is 1.90. The molecule has 0 bridgehead atoms. The minimum Gasteiger partial charge on any atom is -0.461 e. The van der Waals surface area contributed by atoms with Gasteiger partial charge in [-0.25, -0.2) is 4.79 Å². The highest BCUT2D eigenvalue weighted by Gasteiger charge is 2.25. The standard InChI is InChI=1S/C10H15N3O2/c1-3-15-10(14)8-9-7(11-12-8)5-4-6-13(9)2/h3-6H2,1-2H3,(H,11,12). The van der Waals surface area contributed by atoms with Crippen molar-refractivity contribution in [3.63, 3.8) is 0 Å². The Morgan fingerprint density at radius 1 is 1.67 bits per heavy atom. The summed E-state index contributed by atoms with van der Waals surface area (Å²) in [5.41, 5.74) is 2.35. The van der Waals surface area contributed by atoms with Crippen LogP contribution in [0, 0.1) is 0 Å². The molecule has 1 aliphatic heterocycles. The van der Waals surface area contributed by atoms with Gasteiger partial charge in [0.05, 0.1) is 18.0 Å². The lowest BCUT2D eigenvalue weighted by Gasteiger charge is -2.24. The summed E-state index contributed by atoms with van der Waals surface area (Å²) in [6.45, 7) is 3.13. The molecular formula is C10H15N3O2. The highest BCUT2D eigenvalue weighted by molar-refractivity contribution is 5.94. The Morgan fingerprint density at radius 3 is 3.20 bits per heavy atom. The molecule has 0 amide bonds. The molecule has 5 nitrogen and oxygen atoms in total. The molecule has 2 heterocycles. The molecule has 0 atom stereocenters. The van der Waals surface area contributed by atoms with Gasteiger partial charge < -0.3 is 9.64 Å². The number of anilines is 1. The van der Waals surface area contributed by atoms with E-state index in [-0.39, 0.29) is 5.97 Å². The maximum atomic E-state index is 11.6. The first-order chi connectivity index (χ1) is 7.24. The van der Waals surface area contributed by atoms with Gasteiger partial charge in [-0.05, 0) is 19.8 Å². The van der Waals surface area contributed by atoms with Crippen molar-refractivity contribution >= 4 is 11.7 Å². The molecule has 0 fully saturated rings. The minimum atomic E-state index is -0.344. The lowest BCUT2D eigenvalue weighted by molar-refractivity contribution is 0.0520. The molecule has 0 aliphatic carbocycles. The molecule has 0 radical (unpaired) electrons. The summed E-state index contributed by atoms with van der Waals surface area (Å²) >= 11 is 0. The van der Waals surface area contributed by atoms with Crippen LogP contribution in [0.1, 0.15) is 29.5 Å². The number of nitrogens with zero attached hydrogens (tertiary/aromatic N) is 2. The molecule has 5 heteroatoms. The lowest BCUT2D eigenvalue weighted by Crippen LogP contribution is -2.26. The zero-order valence-electron chi connectivity index (χ0n) is 9.04. The predicted octanol–water partition coefficient (Wildman–Crippen LogP) is 0.969. The zero-order valence-corrected chi connectivity index (χ0v) is 9.04. The average molecular weight is 209 g/mol. The summed E-state index contributed by atoms with van der Waals surface area (Å²) in [6, 6.07) is 0. The van der Waals surface area contributed by atoms with Gasteiger partial charge >= 0.3 is 5.97 Å². The third-order valence-corrected chi connectivity index (χ3v) is 2.58. The van der Waals surface area contributed by atoms with E-state index >= 15 is 0 Å². The van der Waals surface area contributed by atoms with Crippen molar-refractivity contribution < 1.29 is 9.53 Å². The number of fused-ring (bicyclic) bond motifs is 1. The SMILES string of the molecule is CCOC(=O)c1n[nH]c2c1N(C)CCC2. The van der Waals surface area contributed by atoms with Crippen molar-refractivity contribution in [1.29, 1.82) is 0 Å². The summed E-state index contributed by atoms with van der Waals surface area (Å²) < 4.78 is 4.95. The largest absolute Gasteiger partial charge is 0.461 e. The van der Waals surface area contributed by atoms with E-state index in [9.17, 15) is 4.79 Å². The Hall–Kier alpha value is -1.52. The summed E-state index contributed by atoms with van der Waals surface area (Å²) in [6.07, 6.45) is 2.04. The van der Waals surface area contributed by atoms with Crippen LogP contribution in [0.15, 0.2) is 0 Å². The van der Waals surface area contributed by atoms with E-state index < -0.39 is 0 Å². The number of nitrogens with one attached hydrogen (secondary N) is 1. The molecular weight excluding hydrogens is 194 g/mol. The number of carbonyl (C=O) groups is 1. The molecule has 2 rings (SSSR count). The summed E-state index contributed by atoms with van der Waals surface area (Å²) in [7, 11) is 1.97. The fraction of sp³-hybridized carbons (Fsp3) is 0.600. The summed E-state index contributed by atoms with van der Waals surface area (Å²) in [4.78, 5) is 13.6. The van der Waals surface area contributed by atoms with Gasteiger partial charge in [-0.1, -0.05) is 0 Å². The van der Waals surface area contributed by atoms with Crippen molar-refractivity contribution in [2.24, 2.45) is 0 Å². The summed E-state index contributed by atoms with van der Waals surface area (Å²) in [5.74, 6) is -0.344. The number of hydrogen-bond donors (Lipinski definition) is 1. The van der Waals surface area contributed by atoms with Crippen LogP contribution in [0.25, 0.3) is 0 Å². The van der Waals surface area contributed by atoms with Crippen molar-refractivity contribution in [3.05, 3.63) is 11.4 Å². The van der Waals surface area contributed by atoms with E-state index in [0.29, 0.717) is 12.3 Å². The van der Waals surface area contributed by atoms with E-state index in [1.54, 1.807) is 6.92 Å². The van der Waals surface area contributed by atoms with Gasteiger partial charge in [0.25, 0.3) is 0 Å². The number of ether oxygens (including phenoxy) is 1. The molecule has 1 N–H and O–H groups in total. The molecule has 0 saturated heterocycles. The number of aromatic amines is 1. The molecule has 0 spiro atoms. The van der Waals surface area contributed by atoms with Crippen molar-refractivity contribution in [2.45, 2.75) is 19.8 Å². The van der Waals surface area contributed by atoms with E-state index in [2.05, 4.69) is 15.1 Å². The minimum absolute atomic E-state index is 0.344. The quantitative estimate of drug-likeness (QED) is 0.737. The Labute approximate surface area is 88.4 Å². The first-order valence-corrected chi connectivity index (χ1v) is 5.19. The first-order valence-electron chi connectivity index (χ1n) is 5.19. The molecule has 1 aliphatic rings. The van der Waals surface area contributed by atoms with Crippen LogP contribution in [0.2, 0.25) is 0 Å². The Balaban J connectivity index is 2.33.